The van der Waals surface area contributed by atoms with Crippen LogP contribution in [0.5, 0.6) is 5.75 Å². The summed E-state index contributed by atoms with van der Waals surface area (Å²) in [4.78, 5) is 1.50. The summed E-state index contributed by atoms with van der Waals surface area (Å²) in [5.74, 6) is 0.979. The number of hydrogen-bond donors (Lipinski definition) is 1. The Morgan fingerprint density at radius 1 is 1.13 bits per heavy atom. The predicted octanol–water partition coefficient (Wildman–Crippen LogP) is 1.59. The first-order valence-corrected chi connectivity index (χ1v) is 6.44. The van der Waals surface area contributed by atoms with E-state index in [4.69, 9.17) is 4.74 Å². The minimum absolute atomic E-state index is 0.827. The van der Waals surface area contributed by atoms with Crippen molar-refractivity contribution in [1.29, 1.82) is 0 Å². The van der Waals surface area contributed by atoms with Crippen LogP contribution in [0.25, 0.3) is 0 Å². The van der Waals surface area contributed by atoms with Crippen LogP contribution in [-0.2, 0) is 0 Å². The molecule has 0 radical (unpaired) electrons. The van der Waals surface area contributed by atoms with Crippen molar-refractivity contribution in [1.82, 2.24) is 0 Å². The molecule has 0 aliphatic heterocycles. The second-order valence-electron chi connectivity index (χ2n) is 3.97. The highest BCUT2D eigenvalue weighted by Gasteiger charge is 1.96. The molecule has 0 atom stereocenters. The number of quaternary nitrogens is 1. The molecule has 15 heavy (non-hydrogen) atoms. The zero-order valence-electron chi connectivity index (χ0n) is 9.42. The summed E-state index contributed by atoms with van der Waals surface area (Å²) in [5.41, 5.74) is 0. The molecule has 0 saturated heterocycles. The minimum Gasteiger partial charge on any atom is -0.494 e. The molecule has 1 N–H and O–H groups in total. The second-order valence-corrected chi connectivity index (χ2v) is 5.21. The largest absolute Gasteiger partial charge is 0.494 e. The number of rotatable bonds is 6. The van der Waals surface area contributed by atoms with Gasteiger partial charge in [-0.3, -0.25) is 0 Å². The van der Waals surface area contributed by atoms with E-state index in [-0.39, 0.29) is 0 Å². The van der Waals surface area contributed by atoms with E-state index < -0.39 is 0 Å². The number of unbranched alkanes of at least 4 members (excludes halogenated alkanes) is 1. The van der Waals surface area contributed by atoms with Gasteiger partial charge in [0.25, 0.3) is 0 Å². The molecule has 0 heterocycles. The first-order valence-electron chi connectivity index (χ1n) is 5.36. The molecule has 0 aliphatic carbocycles. The Kier molecular flexibility index (Phi) is 6.02. The highest BCUT2D eigenvalue weighted by atomic mass is 127. The van der Waals surface area contributed by atoms with Crippen molar-refractivity contribution in [3.05, 3.63) is 27.8 Å². The van der Waals surface area contributed by atoms with E-state index in [0.29, 0.717) is 0 Å². The molecular weight excluding hydrogens is 301 g/mol. The first-order chi connectivity index (χ1) is 7.18. The fourth-order valence-corrected chi connectivity index (χ4v) is 1.66. The molecule has 0 saturated carbocycles. The Labute approximate surface area is 106 Å². The van der Waals surface area contributed by atoms with Crippen molar-refractivity contribution in [3.8, 4) is 5.75 Å². The number of benzene rings is 1. The molecule has 1 aromatic rings. The van der Waals surface area contributed by atoms with E-state index in [0.717, 1.165) is 18.8 Å². The summed E-state index contributed by atoms with van der Waals surface area (Å²) in [6.07, 6.45) is 2.36. The van der Waals surface area contributed by atoms with Crippen LogP contribution in [0.3, 0.4) is 0 Å². The minimum atomic E-state index is 0.827. The van der Waals surface area contributed by atoms with Gasteiger partial charge in [-0.25, -0.2) is 0 Å². The SMILES string of the molecule is C[NH+](C)CCCCOc1ccc(I)cc1. The Hall–Kier alpha value is -0.290. The third-order valence-electron chi connectivity index (χ3n) is 2.15. The summed E-state index contributed by atoms with van der Waals surface area (Å²) in [6, 6.07) is 8.19. The number of hydrogen-bond acceptors (Lipinski definition) is 1. The van der Waals surface area contributed by atoms with Crippen LogP contribution in [0, 0.1) is 3.57 Å². The van der Waals surface area contributed by atoms with Gasteiger partial charge in [-0.1, -0.05) is 0 Å². The zero-order chi connectivity index (χ0) is 11.1. The van der Waals surface area contributed by atoms with E-state index in [1.807, 2.05) is 12.1 Å². The Morgan fingerprint density at radius 2 is 1.80 bits per heavy atom. The normalized spacial score (nSPS) is 10.7. The summed E-state index contributed by atoms with van der Waals surface area (Å²) in [7, 11) is 4.36. The molecule has 84 valence electrons. The van der Waals surface area contributed by atoms with Gasteiger partial charge in [0.05, 0.1) is 27.2 Å². The van der Waals surface area contributed by atoms with Gasteiger partial charge in [-0.2, -0.15) is 0 Å². The molecule has 0 fully saturated rings. The maximum Gasteiger partial charge on any atom is 0.119 e. The molecule has 0 unspecified atom stereocenters. The van der Waals surface area contributed by atoms with E-state index >= 15 is 0 Å². The quantitative estimate of drug-likeness (QED) is 0.621. The molecule has 0 aromatic heterocycles. The van der Waals surface area contributed by atoms with Crippen molar-refractivity contribution in [2.24, 2.45) is 0 Å². The van der Waals surface area contributed by atoms with Gasteiger partial charge in [0.15, 0.2) is 0 Å². The van der Waals surface area contributed by atoms with Crippen LogP contribution in [0.15, 0.2) is 24.3 Å². The van der Waals surface area contributed by atoms with Crippen LogP contribution in [0.4, 0.5) is 0 Å². The van der Waals surface area contributed by atoms with Gasteiger partial charge >= 0.3 is 0 Å². The zero-order valence-corrected chi connectivity index (χ0v) is 11.6. The maximum absolute atomic E-state index is 5.63. The Balaban J connectivity index is 2.12. The van der Waals surface area contributed by atoms with Gasteiger partial charge < -0.3 is 9.64 Å². The summed E-state index contributed by atoms with van der Waals surface area (Å²) in [5, 5.41) is 0. The van der Waals surface area contributed by atoms with Crippen LogP contribution in [-0.4, -0.2) is 27.2 Å². The highest BCUT2D eigenvalue weighted by molar-refractivity contribution is 14.1. The molecule has 2 nitrogen and oxygen atoms in total. The lowest BCUT2D eigenvalue weighted by atomic mass is 10.3. The number of ether oxygens (including phenoxy) is 1. The topological polar surface area (TPSA) is 13.7 Å². The molecular formula is C12H19INO+. The Bertz CT molecular complexity index is 271. The van der Waals surface area contributed by atoms with E-state index in [1.165, 1.54) is 21.4 Å². The van der Waals surface area contributed by atoms with Gasteiger partial charge in [-0.15, -0.1) is 0 Å². The molecule has 3 heteroatoms. The van der Waals surface area contributed by atoms with Crippen LogP contribution < -0.4 is 9.64 Å². The third-order valence-corrected chi connectivity index (χ3v) is 2.87. The Morgan fingerprint density at radius 3 is 2.40 bits per heavy atom. The maximum atomic E-state index is 5.63. The summed E-state index contributed by atoms with van der Waals surface area (Å²) >= 11 is 2.30. The average molecular weight is 320 g/mol. The number of nitrogens with one attached hydrogen (secondary N) is 1. The molecule has 0 bridgehead atoms. The van der Waals surface area contributed by atoms with Crippen molar-refractivity contribution >= 4 is 22.6 Å². The number of halogens is 1. The molecule has 0 spiro atoms. The van der Waals surface area contributed by atoms with Crippen molar-refractivity contribution in [2.45, 2.75) is 12.8 Å². The van der Waals surface area contributed by atoms with Crippen LogP contribution in [0.2, 0.25) is 0 Å². The highest BCUT2D eigenvalue weighted by Crippen LogP contribution is 2.13. The molecule has 1 aromatic carbocycles. The average Bonchev–Trinajstić information content (AvgIpc) is 2.20. The van der Waals surface area contributed by atoms with Crippen molar-refractivity contribution in [3.63, 3.8) is 0 Å². The fourth-order valence-electron chi connectivity index (χ4n) is 1.30. The first kappa shape index (κ1) is 12.8. The van der Waals surface area contributed by atoms with Crippen LogP contribution >= 0.6 is 22.6 Å². The monoisotopic (exact) mass is 320 g/mol. The predicted molar refractivity (Wildman–Crippen MR) is 71.6 cm³/mol. The van der Waals surface area contributed by atoms with E-state index in [9.17, 15) is 0 Å². The van der Waals surface area contributed by atoms with E-state index in [1.54, 1.807) is 0 Å². The van der Waals surface area contributed by atoms with Gasteiger partial charge in [0, 0.05) is 3.57 Å². The van der Waals surface area contributed by atoms with Gasteiger partial charge in [0.2, 0.25) is 0 Å². The lowest BCUT2D eigenvalue weighted by Crippen LogP contribution is -3.05. The second kappa shape index (κ2) is 7.06. The lowest BCUT2D eigenvalue weighted by Gasteiger charge is -2.08. The fraction of sp³-hybridized carbons (Fsp3) is 0.500. The molecule has 0 aliphatic rings. The smallest absolute Gasteiger partial charge is 0.119 e. The molecule has 1 rings (SSSR count). The standard InChI is InChI=1S/C12H18INO/c1-14(2)9-3-4-10-15-12-7-5-11(13)6-8-12/h5-8H,3-4,9-10H2,1-2H3/p+1. The summed E-state index contributed by atoms with van der Waals surface area (Å²) in [6.45, 7) is 2.05. The van der Waals surface area contributed by atoms with Gasteiger partial charge in [-0.05, 0) is 59.7 Å². The third kappa shape index (κ3) is 5.99. The van der Waals surface area contributed by atoms with Gasteiger partial charge in [0.1, 0.15) is 5.75 Å². The van der Waals surface area contributed by atoms with Crippen molar-refractivity contribution in [2.75, 3.05) is 27.2 Å². The van der Waals surface area contributed by atoms with Crippen molar-refractivity contribution < 1.29 is 9.64 Å². The molecule has 0 amide bonds. The van der Waals surface area contributed by atoms with E-state index in [2.05, 4.69) is 48.8 Å². The van der Waals surface area contributed by atoms with Crippen LogP contribution in [0.1, 0.15) is 12.8 Å². The summed E-state index contributed by atoms with van der Waals surface area (Å²) < 4.78 is 6.88. The lowest BCUT2D eigenvalue weighted by molar-refractivity contribution is -0.858.